The topological polar surface area (TPSA) is 52.2 Å². The summed E-state index contributed by atoms with van der Waals surface area (Å²) in [5.74, 6) is -3.28. The lowest BCUT2D eigenvalue weighted by Gasteiger charge is -2.29. The second-order valence-corrected chi connectivity index (χ2v) is 8.77. The summed E-state index contributed by atoms with van der Waals surface area (Å²) in [5.41, 5.74) is -1.61. The fourth-order valence-corrected chi connectivity index (χ4v) is 3.48. The van der Waals surface area contributed by atoms with Crippen LogP contribution in [0.15, 0.2) is 34.5 Å². The first-order chi connectivity index (χ1) is 14.8. The van der Waals surface area contributed by atoms with E-state index in [1.54, 1.807) is 0 Å². The third-order valence-corrected chi connectivity index (χ3v) is 5.06. The standard InChI is InChI=1S/C23H26F4N2O3/c1-13-20(28-5)18(15-8-7-14(24)11-16(15)23(25,26)27)19(17(29-13)12-31-6)21(30)32-10-9-22(2,3)4/h7-8,11,18,20H,9-10,12H2,1-4,6H3. The van der Waals surface area contributed by atoms with Crippen molar-refractivity contribution in [3.8, 4) is 0 Å². The quantitative estimate of drug-likeness (QED) is 0.321. The lowest BCUT2D eigenvalue weighted by molar-refractivity contribution is -0.141. The molecule has 2 unspecified atom stereocenters. The fourth-order valence-electron chi connectivity index (χ4n) is 3.48. The first kappa shape index (κ1) is 25.5. The molecule has 2 atom stereocenters. The number of aliphatic imine (C=N–C) groups is 1. The Morgan fingerprint density at radius 1 is 1.25 bits per heavy atom. The van der Waals surface area contributed by atoms with Crippen LogP contribution in [-0.2, 0) is 20.4 Å². The number of benzene rings is 1. The molecule has 1 aromatic rings. The van der Waals surface area contributed by atoms with Crippen LogP contribution in [0.3, 0.4) is 0 Å². The lowest BCUT2D eigenvalue weighted by Crippen LogP contribution is -2.35. The predicted molar refractivity (Wildman–Crippen MR) is 112 cm³/mol. The highest BCUT2D eigenvalue weighted by molar-refractivity contribution is 6.00. The van der Waals surface area contributed by atoms with Gasteiger partial charge in [-0.15, -0.1) is 0 Å². The predicted octanol–water partition coefficient (Wildman–Crippen LogP) is 5.57. The summed E-state index contributed by atoms with van der Waals surface area (Å²) in [4.78, 5) is 20.8. The number of hydrogen-bond acceptors (Lipinski definition) is 4. The van der Waals surface area contributed by atoms with Crippen LogP contribution in [0, 0.1) is 17.8 Å². The van der Waals surface area contributed by atoms with Gasteiger partial charge in [0.05, 0.1) is 41.7 Å². The number of carbonyl (C=O) groups is 1. The Kier molecular flexibility index (Phi) is 7.83. The third-order valence-electron chi connectivity index (χ3n) is 5.06. The molecular weight excluding hydrogens is 428 g/mol. The molecule has 0 radical (unpaired) electrons. The molecule has 0 fully saturated rings. The van der Waals surface area contributed by atoms with Gasteiger partial charge in [-0.05, 0) is 36.5 Å². The SMILES string of the molecule is [C-]#[N+]C1C(C)=NC(COC)=C(C(=O)OCCC(C)(C)C)C1c1ccc(F)cc1C(F)(F)F. The fraction of sp³-hybridized carbons (Fsp3) is 0.522. The van der Waals surface area contributed by atoms with Crippen LogP contribution in [0.5, 0.6) is 0 Å². The van der Waals surface area contributed by atoms with Gasteiger partial charge in [0.15, 0.2) is 0 Å². The number of halogens is 4. The summed E-state index contributed by atoms with van der Waals surface area (Å²) < 4.78 is 65.6. The lowest BCUT2D eigenvalue weighted by atomic mass is 9.78. The molecule has 0 aromatic heterocycles. The van der Waals surface area contributed by atoms with Crippen molar-refractivity contribution in [2.45, 2.75) is 52.3 Å². The van der Waals surface area contributed by atoms with Crippen molar-refractivity contribution < 1.29 is 31.8 Å². The van der Waals surface area contributed by atoms with Gasteiger partial charge in [0.2, 0.25) is 0 Å². The molecule has 0 saturated heterocycles. The molecular formula is C23H26F4N2O3. The molecule has 9 heteroatoms. The van der Waals surface area contributed by atoms with Gasteiger partial charge in [0, 0.05) is 7.11 Å². The summed E-state index contributed by atoms with van der Waals surface area (Å²) >= 11 is 0. The molecule has 1 heterocycles. The van der Waals surface area contributed by atoms with Gasteiger partial charge >= 0.3 is 12.1 Å². The highest BCUT2D eigenvalue weighted by Crippen LogP contribution is 2.43. The van der Waals surface area contributed by atoms with Crippen LogP contribution < -0.4 is 0 Å². The normalized spacial score (nSPS) is 19.4. The van der Waals surface area contributed by atoms with Crippen molar-refractivity contribution >= 4 is 11.7 Å². The van der Waals surface area contributed by atoms with Gasteiger partial charge < -0.3 is 14.3 Å². The monoisotopic (exact) mass is 454 g/mol. The van der Waals surface area contributed by atoms with Gasteiger partial charge in [-0.2, -0.15) is 13.2 Å². The zero-order valence-electron chi connectivity index (χ0n) is 18.6. The van der Waals surface area contributed by atoms with Crippen molar-refractivity contribution in [2.75, 3.05) is 20.3 Å². The number of hydrogen-bond donors (Lipinski definition) is 0. The largest absolute Gasteiger partial charge is 0.462 e. The van der Waals surface area contributed by atoms with Crippen molar-refractivity contribution in [2.24, 2.45) is 10.4 Å². The molecule has 5 nitrogen and oxygen atoms in total. The number of nitrogens with zero attached hydrogens (tertiary/aromatic N) is 2. The van der Waals surface area contributed by atoms with Gasteiger partial charge in [-0.3, -0.25) is 4.99 Å². The van der Waals surface area contributed by atoms with Crippen LogP contribution in [0.25, 0.3) is 4.85 Å². The molecule has 2 rings (SSSR count). The van der Waals surface area contributed by atoms with E-state index in [-0.39, 0.29) is 41.2 Å². The Balaban J connectivity index is 2.67. The second-order valence-electron chi connectivity index (χ2n) is 8.77. The summed E-state index contributed by atoms with van der Waals surface area (Å²) in [5, 5.41) is 0. The first-order valence-electron chi connectivity index (χ1n) is 9.97. The van der Waals surface area contributed by atoms with Crippen LogP contribution in [0.2, 0.25) is 0 Å². The molecule has 1 aliphatic heterocycles. The van der Waals surface area contributed by atoms with Crippen molar-refractivity contribution in [1.29, 1.82) is 0 Å². The molecule has 0 spiro atoms. The van der Waals surface area contributed by atoms with Crippen LogP contribution in [0.4, 0.5) is 17.6 Å². The smallest absolute Gasteiger partial charge is 0.416 e. The van der Waals surface area contributed by atoms with Gasteiger partial charge in [0.1, 0.15) is 5.82 Å². The van der Waals surface area contributed by atoms with E-state index in [9.17, 15) is 22.4 Å². The van der Waals surface area contributed by atoms with Gasteiger partial charge in [0.25, 0.3) is 6.04 Å². The van der Waals surface area contributed by atoms with Crippen LogP contribution in [0.1, 0.15) is 51.2 Å². The minimum atomic E-state index is -4.89. The van der Waals surface area contributed by atoms with Crippen LogP contribution >= 0.6 is 0 Å². The molecule has 32 heavy (non-hydrogen) atoms. The third kappa shape index (κ3) is 5.94. The minimum Gasteiger partial charge on any atom is -0.462 e. The number of esters is 1. The molecule has 0 saturated carbocycles. The number of methoxy groups -OCH3 is 1. The minimum absolute atomic E-state index is 0.0414. The molecule has 0 amide bonds. The number of alkyl halides is 3. The average molecular weight is 454 g/mol. The molecule has 0 aliphatic carbocycles. The highest BCUT2D eigenvalue weighted by atomic mass is 19.4. The van der Waals surface area contributed by atoms with E-state index in [0.29, 0.717) is 12.5 Å². The zero-order chi connectivity index (χ0) is 24.3. The Morgan fingerprint density at radius 3 is 2.44 bits per heavy atom. The molecule has 0 bridgehead atoms. The number of carbonyl (C=O) groups excluding carboxylic acids is 1. The highest BCUT2D eigenvalue weighted by Gasteiger charge is 2.47. The van der Waals surface area contributed by atoms with E-state index in [1.807, 2.05) is 20.8 Å². The number of ether oxygens (including phenoxy) is 2. The second kappa shape index (κ2) is 9.82. The molecule has 174 valence electrons. The molecule has 1 aliphatic rings. The van der Waals surface area contributed by atoms with E-state index in [2.05, 4.69) is 9.84 Å². The maximum atomic E-state index is 13.8. The summed E-state index contributed by atoms with van der Waals surface area (Å²) in [6.45, 7) is 14.8. The average Bonchev–Trinajstić information content (AvgIpc) is 2.66. The van der Waals surface area contributed by atoms with Crippen molar-refractivity contribution in [1.82, 2.24) is 0 Å². The summed E-state index contributed by atoms with van der Waals surface area (Å²) in [6, 6.07) is 1.03. The first-order valence-corrected chi connectivity index (χ1v) is 9.97. The van der Waals surface area contributed by atoms with E-state index >= 15 is 0 Å². The zero-order valence-corrected chi connectivity index (χ0v) is 18.6. The van der Waals surface area contributed by atoms with E-state index in [0.717, 1.165) is 12.1 Å². The Bertz CT molecular complexity index is 969. The molecule has 0 N–H and O–H groups in total. The summed E-state index contributed by atoms with van der Waals surface area (Å²) in [6.07, 6.45) is -4.37. The Morgan fingerprint density at radius 2 is 1.91 bits per heavy atom. The van der Waals surface area contributed by atoms with Crippen LogP contribution in [-0.4, -0.2) is 38.0 Å². The van der Waals surface area contributed by atoms with Gasteiger partial charge in [-0.1, -0.05) is 26.8 Å². The van der Waals surface area contributed by atoms with E-state index < -0.39 is 35.5 Å². The maximum absolute atomic E-state index is 13.8. The Hall–Kier alpha value is -2.73. The van der Waals surface area contributed by atoms with Crippen molar-refractivity contribution in [3.05, 3.63) is 57.8 Å². The molecule has 1 aromatic carbocycles. The van der Waals surface area contributed by atoms with Crippen molar-refractivity contribution in [3.63, 3.8) is 0 Å². The Labute approximate surface area is 184 Å². The summed E-state index contributed by atoms with van der Waals surface area (Å²) in [7, 11) is 1.36. The van der Waals surface area contributed by atoms with E-state index in [4.69, 9.17) is 16.0 Å². The maximum Gasteiger partial charge on any atom is 0.416 e. The van der Waals surface area contributed by atoms with E-state index in [1.165, 1.54) is 14.0 Å². The van der Waals surface area contributed by atoms with Gasteiger partial charge in [-0.25, -0.2) is 15.8 Å². The number of rotatable bonds is 6.